The molecule has 268 valence electrons. The van der Waals surface area contributed by atoms with Crippen LogP contribution in [-0.2, 0) is 5.41 Å². The second-order valence-electron chi connectivity index (χ2n) is 15.7. The first-order valence-electron chi connectivity index (χ1n) is 19.7. The van der Waals surface area contributed by atoms with Crippen LogP contribution in [0, 0.1) is 0 Å². The smallest absolute Gasteiger partial charge is 0.160 e. The molecule has 2 heteroatoms. The average molecular weight is 727 g/mol. The van der Waals surface area contributed by atoms with Crippen LogP contribution < -0.4 is 0 Å². The molecule has 1 aliphatic carbocycles. The van der Waals surface area contributed by atoms with Gasteiger partial charge in [-0.15, -0.1) is 0 Å². The van der Waals surface area contributed by atoms with E-state index >= 15 is 0 Å². The van der Waals surface area contributed by atoms with E-state index in [-0.39, 0.29) is 5.41 Å². The van der Waals surface area contributed by atoms with Crippen molar-refractivity contribution in [1.29, 1.82) is 0 Å². The zero-order valence-electron chi connectivity index (χ0n) is 31.9. The molecule has 1 heterocycles. The Kier molecular flexibility index (Phi) is 7.55. The van der Waals surface area contributed by atoms with Gasteiger partial charge in [-0.2, -0.15) is 0 Å². The first-order valence-corrected chi connectivity index (χ1v) is 19.7. The molecule has 57 heavy (non-hydrogen) atoms. The average Bonchev–Trinajstić information content (AvgIpc) is 3.52. The quantitative estimate of drug-likeness (QED) is 0.176. The van der Waals surface area contributed by atoms with Gasteiger partial charge in [0, 0.05) is 22.1 Å². The van der Waals surface area contributed by atoms with Crippen molar-refractivity contribution in [3.8, 4) is 67.3 Å². The van der Waals surface area contributed by atoms with Crippen LogP contribution in [-0.4, -0.2) is 9.97 Å². The summed E-state index contributed by atoms with van der Waals surface area (Å²) in [7, 11) is 0. The van der Waals surface area contributed by atoms with E-state index in [2.05, 4.69) is 190 Å². The Morgan fingerprint density at radius 3 is 1.60 bits per heavy atom. The topological polar surface area (TPSA) is 25.8 Å². The molecule has 1 aromatic heterocycles. The molecule has 1 aliphatic rings. The van der Waals surface area contributed by atoms with Crippen LogP contribution >= 0.6 is 0 Å². The zero-order chi connectivity index (χ0) is 38.1. The Morgan fingerprint density at radius 1 is 0.351 bits per heavy atom. The summed E-state index contributed by atoms with van der Waals surface area (Å²) >= 11 is 0. The lowest BCUT2D eigenvalue weighted by Crippen LogP contribution is -2.15. The molecule has 0 unspecified atom stereocenters. The van der Waals surface area contributed by atoms with Gasteiger partial charge in [0.05, 0.1) is 11.4 Å². The third kappa shape index (κ3) is 5.33. The number of rotatable bonds is 5. The van der Waals surface area contributed by atoms with Gasteiger partial charge in [-0.3, -0.25) is 0 Å². The maximum Gasteiger partial charge on any atom is 0.160 e. The summed E-state index contributed by atoms with van der Waals surface area (Å²) in [5.41, 5.74) is 15.3. The Labute approximate surface area is 332 Å². The van der Waals surface area contributed by atoms with E-state index in [1.54, 1.807) is 0 Å². The normalized spacial score (nSPS) is 12.9. The standard InChI is InChI=1S/C55H38N2/c1-55(2)49-25-13-23-42(52(49)48-31-30-36-15-7-9-20-43(36)53(48)55)38-28-26-37(27-29-38)41-32-33-47(45-22-11-10-21-44(41)45)51-34-50(56-54(57-51)39-16-4-3-5-17-39)46-24-12-18-35-14-6-8-19-40(35)46/h3-34H,1-2H3. The van der Waals surface area contributed by atoms with Crippen molar-refractivity contribution < 1.29 is 0 Å². The lowest BCUT2D eigenvalue weighted by Gasteiger charge is -2.23. The summed E-state index contributed by atoms with van der Waals surface area (Å²) in [5, 5.41) is 7.36. The van der Waals surface area contributed by atoms with Gasteiger partial charge in [-0.1, -0.05) is 202 Å². The minimum Gasteiger partial charge on any atom is -0.228 e. The number of nitrogens with zero attached hydrogens (tertiary/aromatic N) is 2. The summed E-state index contributed by atoms with van der Waals surface area (Å²) in [4.78, 5) is 10.4. The van der Waals surface area contributed by atoms with Gasteiger partial charge in [-0.25, -0.2) is 9.97 Å². The van der Waals surface area contributed by atoms with Crippen LogP contribution in [0.3, 0.4) is 0 Å². The molecule has 0 saturated heterocycles. The molecule has 11 rings (SSSR count). The third-order valence-electron chi connectivity index (χ3n) is 12.1. The maximum atomic E-state index is 5.24. The number of hydrogen-bond donors (Lipinski definition) is 0. The Morgan fingerprint density at radius 2 is 0.860 bits per heavy atom. The van der Waals surface area contributed by atoms with Gasteiger partial charge in [0.2, 0.25) is 0 Å². The molecular weight excluding hydrogens is 689 g/mol. The molecule has 0 aliphatic heterocycles. The van der Waals surface area contributed by atoms with Crippen molar-refractivity contribution in [2.45, 2.75) is 19.3 Å². The van der Waals surface area contributed by atoms with Crippen LogP contribution in [0.25, 0.3) is 99.6 Å². The van der Waals surface area contributed by atoms with E-state index in [9.17, 15) is 0 Å². The molecule has 0 fully saturated rings. The van der Waals surface area contributed by atoms with Crippen molar-refractivity contribution in [3.63, 3.8) is 0 Å². The van der Waals surface area contributed by atoms with E-state index in [0.29, 0.717) is 5.82 Å². The fourth-order valence-corrected chi connectivity index (χ4v) is 9.38. The van der Waals surface area contributed by atoms with Crippen LogP contribution in [0.15, 0.2) is 194 Å². The van der Waals surface area contributed by atoms with E-state index in [4.69, 9.17) is 9.97 Å². The minimum absolute atomic E-state index is 0.0939. The second kappa shape index (κ2) is 13.0. The molecule has 0 saturated carbocycles. The molecule has 0 bridgehead atoms. The van der Waals surface area contributed by atoms with Crippen LogP contribution in [0.5, 0.6) is 0 Å². The van der Waals surface area contributed by atoms with E-state index < -0.39 is 0 Å². The molecule has 2 nitrogen and oxygen atoms in total. The summed E-state index contributed by atoms with van der Waals surface area (Å²) in [6.45, 7) is 4.75. The SMILES string of the molecule is CC1(C)c2cccc(-c3ccc(-c4ccc(-c5cc(-c6cccc7ccccc67)nc(-c6ccccc6)n5)c5ccccc45)cc3)c2-c2ccc3ccccc3c21. The van der Waals surface area contributed by atoms with Crippen molar-refractivity contribution in [1.82, 2.24) is 9.97 Å². The molecule has 0 N–H and O–H groups in total. The van der Waals surface area contributed by atoms with E-state index in [0.717, 1.165) is 33.5 Å². The number of aromatic nitrogens is 2. The molecular formula is C55H38N2. The zero-order valence-corrected chi connectivity index (χ0v) is 31.9. The van der Waals surface area contributed by atoms with Crippen molar-refractivity contribution in [3.05, 3.63) is 205 Å². The van der Waals surface area contributed by atoms with Gasteiger partial charge in [0.1, 0.15) is 0 Å². The van der Waals surface area contributed by atoms with Crippen LogP contribution in [0.2, 0.25) is 0 Å². The molecule has 10 aromatic rings. The minimum atomic E-state index is -0.0939. The van der Waals surface area contributed by atoms with Crippen molar-refractivity contribution in [2.24, 2.45) is 0 Å². The van der Waals surface area contributed by atoms with E-state index in [1.807, 2.05) is 18.2 Å². The van der Waals surface area contributed by atoms with Crippen LogP contribution in [0.1, 0.15) is 25.0 Å². The Hall–Kier alpha value is -7.16. The van der Waals surface area contributed by atoms with Gasteiger partial charge in [0.25, 0.3) is 0 Å². The maximum absolute atomic E-state index is 5.24. The number of benzene rings is 9. The van der Waals surface area contributed by atoms with Gasteiger partial charge >= 0.3 is 0 Å². The highest BCUT2D eigenvalue weighted by atomic mass is 14.9. The number of fused-ring (bicyclic) bond motifs is 7. The van der Waals surface area contributed by atoms with Gasteiger partial charge < -0.3 is 0 Å². The van der Waals surface area contributed by atoms with Gasteiger partial charge in [-0.05, 0) is 82.9 Å². The largest absolute Gasteiger partial charge is 0.228 e. The fourth-order valence-electron chi connectivity index (χ4n) is 9.38. The van der Waals surface area contributed by atoms with E-state index in [1.165, 1.54) is 71.4 Å². The Balaban J connectivity index is 1.02. The van der Waals surface area contributed by atoms with Crippen molar-refractivity contribution in [2.75, 3.05) is 0 Å². The second-order valence-corrected chi connectivity index (χ2v) is 15.7. The molecule has 0 spiro atoms. The Bertz CT molecular complexity index is 3190. The molecule has 9 aromatic carbocycles. The lowest BCUT2D eigenvalue weighted by molar-refractivity contribution is 0.666. The first-order chi connectivity index (χ1) is 28.0. The monoisotopic (exact) mass is 726 g/mol. The highest BCUT2D eigenvalue weighted by molar-refractivity contribution is 6.06. The fraction of sp³-hybridized carbons (Fsp3) is 0.0545. The third-order valence-corrected chi connectivity index (χ3v) is 12.1. The summed E-state index contributed by atoms with van der Waals surface area (Å²) in [6.07, 6.45) is 0. The van der Waals surface area contributed by atoms with Gasteiger partial charge in [0.15, 0.2) is 5.82 Å². The first kappa shape index (κ1) is 33.2. The summed E-state index contributed by atoms with van der Waals surface area (Å²) < 4.78 is 0. The summed E-state index contributed by atoms with van der Waals surface area (Å²) in [6, 6.07) is 70.1. The molecule has 0 radical (unpaired) electrons. The molecule has 0 amide bonds. The van der Waals surface area contributed by atoms with Crippen molar-refractivity contribution >= 4 is 32.3 Å². The predicted molar refractivity (Wildman–Crippen MR) is 239 cm³/mol. The molecule has 0 atom stereocenters. The number of hydrogen-bond acceptors (Lipinski definition) is 2. The lowest BCUT2D eigenvalue weighted by atomic mass is 9.80. The summed E-state index contributed by atoms with van der Waals surface area (Å²) in [5.74, 6) is 0.714. The highest BCUT2D eigenvalue weighted by Gasteiger charge is 2.38. The van der Waals surface area contributed by atoms with Crippen LogP contribution in [0.4, 0.5) is 0 Å². The highest BCUT2D eigenvalue weighted by Crippen LogP contribution is 2.54. The predicted octanol–water partition coefficient (Wildman–Crippen LogP) is 14.6.